The van der Waals surface area contributed by atoms with Crippen molar-refractivity contribution in [2.75, 3.05) is 7.11 Å². The third-order valence-corrected chi connectivity index (χ3v) is 12.5. The highest BCUT2D eigenvalue weighted by Gasteiger charge is 2.38. The Morgan fingerprint density at radius 2 is 1.76 bits per heavy atom. The Labute approximate surface area is 253 Å². The number of carbonyl (C=O) groups is 2. The monoisotopic (exact) mass is 645 g/mol. The van der Waals surface area contributed by atoms with Gasteiger partial charge in [0.25, 0.3) is 0 Å². The zero-order valence-corrected chi connectivity index (χ0v) is 28.8. The minimum Gasteiger partial charge on any atom is -0.469 e. The molecule has 0 saturated carbocycles. The van der Waals surface area contributed by atoms with Crippen molar-refractivity contribution in [2.24, 2.45) is 0 Å². The lowest BCUT2D eigenvalue weighted by Gasteiger charge is -2.36. The van der Waals surface area contributed by atoms with Gasteiger partial charge in [-0.3, -0.25) is 4.79 Å². The van der Waals surface area contributed by atoms with Crippen LogP contribution in [0.25, 0.3) is 17.0 Å². The molecule has 10 heteroatoms. The zero-order chi connectivity index (χ0) is 31.0. The lowest BCUT2D eigenvalue weighted by atomic mass is 9.87. The fourth-order valence-electron chi connectivity index (χ4n) is 4.25. The smallest absolute Gasteiger partial charge is 0.419 e. The van der Waals surface area contributed by atoms with Crippen LogP contribution in [0, 0.1) is 0 Å². The molecule has 1 aromatic carbocycles. The average Bonchev–Trinajstić information content (AvgIpc) is 3.43. The molecule has 2 aromatic heterocycles. The van der Waals surface area contributed by atoms with Crippen LogP contribution in [0.15, 0.2) is 35.1 Å². The van der Waals surface area contributed by atoms with Crippen molar-refractivity contribution in [3.8, 4) is 0 Å². The average molecular weight is 647 g/mol. The number of halogens is 1. The van der Waals surface area contributed by atoms with Crippen molar-refractivity contribution >= 4 is 53.3 Å². The van der Waals surface area contributed by atoms with Gasteiger partial charge in [-0.2, -0.15) is 0 Å². The highest BCUT2D eigenvalue weighted by Crippen LogP contribution is 2.38. The van der Waals surface area contributed by atoms with E-state index in [4.69, 9.17) is 13.9 Å². The van der Waals surface area contributed by atoms with Gasteiger partial charge in [0.15, 0.2) is 8.32 Å². The summed E-state index contributed by atoms with van der Waals surface area (Å²) in [4.78, 5) is 34.0. The molecule has 0 radical (unpaired) electrons. The maximum Gasteiger partial charge on any atom is 0.419 e. The van der Waals surface area contributed by atoms with Crippen LogP contribution in [0.3, 0.4) is 0 Å². The van der Waals surface area contributed by atoms with Crippen LogP contribution in [-0.4, -0.2) is 47.6 Å². The number of hydrogen-bond donors (Lipinski definition) is 1. The van der Waals surface area contributed by atoms with Gasteiger partial charge in [0.05, 0.1) is 49.1 Å². The SMILES string of the molecule is COC(=O)Cc1c(/C=C\C(C)(C)c2nc[nH]c2CO[Si](C)(C)C(C)(C)C)n(C(=O)OC(C)(C)C)c2cc(Br)ccc12. The number of nitrogens with zero attached hydrogens (tertiary/aromatic N) is 2. The van der Waals surface area contributed by atoms with Crippen molar-refractivity contribution in [3.05, 3.63) is 57.7 Å². The summed E-state index contributed by atoms with van der Waals surface area (Å²) in [6.45, 7) is 21.1. The Kier molecular flexibility index (Phi) is 9.52. The number of aromatic amines is 1. The first-order valence-corrected chi connectivity index (χ1v) is 17.5. The number of rotatable bonds is 8. The predicted octanol–water partition coefficient (Wildman–Crippen LogP) is 8.14. The van der Waals surface area contributed by atoms with Crippen molar-refractivity contribution < 1.29 is 23.5 Å². The molecule has 0 aliphatic heterocycles. The first-order chi connectivity index (χ1) is 18.8. The van der Waals surface area contributed by atoms with Gasteiger partial charge in [-0.1, -0.05) is 62.7 Å². The summed E-state index contributed by atoms with van der Waals surface area (Å²) in [5, 5.41) is 0.855. The summed E-state index contributed by atoms with van der Waals surface area (Å²) in [7, 11) is -0.616. The van der Waals surface area contributed by atoms with E-state index in [1.54, 1.807) is 6.33 Å². The molecule has 3 rings (SSSR count). The molecular weight excluding hydrogens is 602 g/mol. The predicted molar refractivity (Wildman–Crippen MR) is 170 cm³/mol. The van der Waals surface area contributed by atoms with Gasteiger partial charge in [-0.25, -0.2) is 14.3 Å². The zero-order valence-electron chi connectivity index (χ0n) is 26.2. The van der Waals surface area contributed by atoms with Crippen molar-refractivity contribution in [2.45, 2.75) is 97.6 Å². The lowest BCUT2D eigenvalue weighted by Crippen LogP contribution is -2.40. The van der Waals surface area contributed by atoms with Crippen LogP contribution in [0.4, 0.5) is 4.79 Å². The normalized spacial score (nSPS) is 13.3. The Morgan fingerprint density at radius 3 is 2.34 bits per heavy atom. The number of imidazole rings is 1. The second-order valence-corrected chi connectivity index (χ2v) is 19.2. The van der Waals surface area contributed by atoms with E-state index in [1.165, 1.54) is 11.7 Å². The van der Waals surface area contributed by atoms with E-state index in [9.17, 15) is 9.59 Å². The Balaban J connectivity index is 2.13. The van der Waals surface area contributed by atoms with Gasteiger partial charge in [0, 0.05) is 15.3 Å². The summed E-state index contributed by atoms with van der Waals surface area (Å²) in [6.07, 6.45) is 5.04. The van der Waals surface area contributed by atoms with Crippen molar-refractivity contribution in [1.29, 1.82) is 0 Å². The van der Waals surface area contributed by atoms with Gasteiger partial charge < -0.3 is 18.9 Å². The minimum atomic E-state index is -1.97. The van der Waals surface area contributed by atoms with E-state index >= 15 is 0 Å². The van der Waals surface area contributed by atoms with E-state index < -0.39 is 31.4 Å². The molecule has 3 aromatic rings. The van der Waals surface area contributed by atoms with Crippen LogP contribution in [0.1, 0.15) is 78.0 Å². The second-order valence-electron chi connectivity index (χ2n) is 13.4. The fraction of sp³-hybridized carbons (Fsp3) is 0.516. The summed E-state index contributed by atoms with van der Waals surface area (Å²) in [5.41, 5.74) is 2.39. The first-order valence-electron chi connectivity index (χ1n) is 13.8. The Bertz CT molecular complexity index is 1450. The highest BCUT2D eigenvalue weighted by molar-refractivity contribution is 9.10. The molecule has 1 N–H and O–H groups in total. The molecule has 0 unspecified atom stereocenters. The molecule has 0 fully saturated rings. The summed E-state index contributed by atoms with van der Waals surface area (Å²) < 4.78 is 19.6. The van der Waals surface area contributed by atoms with Crippen molar-refractivity contribution in [1.82, 2.24) is 14.5 Å². The molecule has 0 amide bonds. The Hall–Kier alpha value is -2.69. The number of carbonyl (C=O) groups excluding carboxylic acids is 2. The molecule has 0 saturated heterocycles. The van der Waals surface area contributed by atoms with Gasteiger partial charge in [-0.15, -0.1) is 0 Å². The molecular formula is C31H44BrN3O5Si. The summed E-state index contributed by atoms with van der Waals surface area (Å²) in [6, 6.07) is 5.63. The minimum absolute atomic E-state index is 0.00145. The van der Waals surface area contributed by atoms with Gasteiger partial charge in [-0.05, 0) is 62.7 Å². The van der Waals surface area contributed by atoms with Crippen LogP contribution in [0.2, 0.25) is 18.1 Å². The molecule has 41 heavy (non-hydrogen) atoms. The molecule has 0 bridgehead atoms. The quantitative estimate of drug-likeness (QED) is 0.196. The van der Waals surface area contributed by atoms with E-state index in [2.05, 4.69) is 73.6 Å². The number of ether oxygens (including phenoxy) is 2. The molecule has 0 aliphatic rings. The molecule has 0 spiro atoms. The molecule has 2 heterocycles. The van der Waals surface area contributed by atoms with E-state index in [1.807, 2.05) is 51.1 Å². The maximum atomic E-state index is 13.6. The molecule has 224 valence electrons. The van der Waals surface area contributed by atoms with Crippen LogP contribution >= 0.6 is 15.9 Å². The maximum absolute atomic E-state index is 13.6. The molecule has 8 nitrogen and oxygen atoms in total. The van der Waals surface area contributed by atoms with E-state index in [0.29, 0.717) is 23.4 Å². The van der Waals surface area contributed by atoms with E-state index in [-0.39, 0.29) is 11.5 Å². The van der Waals surface area contributed by atoms with Crippen molar-refractivity contribution in [3.63, 3.8) is 0 Å². The third kappa shape index (κ3) is 7.58. The summed E-state index contributed by atoms with van der Waals surface area (Å²) >= 11 is 3.53. The highest BCUT2D eigenvalue weighted by atomic mass is 79.9. The second kappa shape index (κ2) is 11.9. The van der Waals surface area contributed by atoms with E-state index in [0.717, 1.165) is 21.2 Å². The number of nitrogens with one attached hydrogen (secondary N) is 1. The standard InChI is InChI=1S/C31H44BrN3O5Si/c1-29(2,3)40-28(37)35-24(22(17-26(36)38-9)21-13-12-20(32)16-25(21)35)14-15-31(7,8)27-23(33-19-34-27)18-39-41(10,11)30(4,5)6/h12-16,19H,17-18H2,1-11H3,(H,33,34)/b15-14-. The fourth-order valence-corrected chi connectivity index (χ4v) is 5.54. The van der Waals surface area contributed by atoms with Crippen LogP contribution < -0.4 is 0 Å². The number of esters is 1. The van der Waals surface area contributed by atoms with Gasteiger partial charge in [0.2, 0.25) is 0 Å². The lowest BCUT2D eigenvalue weighted by molar-refractivity contribution is -0.139. The summed E-state index contributed by atoms with van der Waals surface area (Å²) in [5.74, 6) is -0.401. The van der Waals surface area contributed by atoms with Crippen LogP contribution in [0.5, 0.6) is 0 Å². The number of hydrogen-bond acceptors (Lipinski definition) is 6. The largest absolute Gasteiger partial charge is 0.469 e. The third-order valence-electron chi connectivity index (χ3n) is 7.57. The number of methoxy groups -OCH3 is 1. The topological polar surface area (TPSA) is 95.4 Å². The van der Waals surface area contributed by atoms with Gasteiger partial charge >= 0.3 is 12.1 Å². The number of H-pyrrole nitrogens is 1. The molecule has 0 atom stereocenters. The Morgan fingerprint density at radius 1 is 1.10 bits per heavy atom. The number of fused-ring (bicyclic) bond motifs is 1. The number of allylic oxidation sites excluding steroid dienone is 1. The van der Waals surface area contributed by atoms with Gasteiger partial charge in [0.1, 0.15) is 5.60 Å². The number of aromatic nitrogens is 3. The molecule has 0 aliphatic carbocycles. The first kappa shape index (κ1) is 32.8. The number of benzene rings is 1. The van der Waals surface area contributed by atoms with Crippen LogP contribution in [-0.2, 0) is 37.1 Å².